The summed E-state index contributed by atoms with van der Waals surface area (Å²) in [5, 5.41) is 13.0. The normalized spacial score (nSPS) is 10.8. The van der Waals surface area contributed by atoms with Gasteiger partial charge in [0.25, 0.3) is 5.91 Å². The molecule has 2 heterocycles. The number of aromatic nitrogens is 2. The maximum atomic E-state index is 13.2. The summed E-state index contributed by atoms with van der Waals surface area (Å²) in [7, 11) is 0. The molecule has 1 N–H and O–H groups in total. The lowest BCUT2D eigenvalue weighted by atomic mass is 10.1. The first-order valence-electron chi connectivity index (χ1n) is 12.6. The summed E-state index contributed by atoms with van der Waals surface area (Å²) < 4.78 is 3.04. The highest BCUT2D eigenvalue weighted by atomic mass is 32.1. The minimum atomic E-state index is -0.0539. The topological polar surface area (TPSA) is 91.0 Å². The quantitative estimate of drug-likeness (QED) is 0.254. The molecule has 0 saturated carbocycles. The minimum absolute atomic E-state index is 0.0423. The molecule has 0 spiro atoms. The van der Waals surface area contributed by atoms with Crippen LogP contribution in [0.25, 0.3) is 10.1 Å². The van der Waals surface area contributed by atoms with Gasteiger partial charge in [-0.05, 0) is 60.2 Å². The molecule has 2 amide bonds. The summed E-state index contributed by atoms with van der Waals surface area (Å²) >= 11 is 1.46. The van der Waals surface area contributed by atoms with Gasteiger partial charge in [0.05, 0.1) is 35.1 Å². The zero-order valence-corrected chi connectivity index (χ0v) is 22.1. The number of nitrogens with zero attached hydrogens (tertiary/aromatic N) is 4. The summed E-state index contributed by atoms with van der Waals surface area (Å²) in [6, 6.07) is 17.4. The first-order chi connectivity index (χ1) is 18.0. The predicted molar refractivity (Wildman–Crippen MR) is 148 cm³/mol. The molecule has 0 aliphatic rings. The third kappa shape index (κ3) is 6.43. The van der Waals surface area contributed by atoms with E-state index in [2.05, 4.69) is 23.3 Å². The van der Waals surface area contributed by atoms with Gasteiger partial charge in [0.15, 0.2) is 0 Å². The lowest BCUT2D eigenvalue weighted by Gasteiger charge is -2.23. The highest BCUT2D eigenvalue weighted by Gasteiger charge is 2.19. The second-order valence-electron chi connectivity index (χ2n) is 8.99. The predicted octanol–water partition coefficient (Wildman–Crippen LogP) is 5.88. The number of carbonyl (C=O) groups excluding carboxylic acids is 2. The van der Waals surface area contributed by atoms with Crippen molar-refractivity contribution in [2.45, 2.75) is 52.6 Å². The van der Waals surface area contributed by atoms with Crippen LogP contribution >= 0.6 is 11.3 Å². The van der Waals surface area contributed by atoms with Gasteiger partial charge < -0.3 is 14.8 Å². The highest BCUT2D eigenvalue weighted by molar-refractivity contribution is 7.20. The smallest absolute Gasteiger partial charge is 0.261 e. The number of carbonyl (C=O) groups is 2. The number of imidazole rings is 1. The average Bonchev–Trinajstić information content (AvgIpc) is 3.54. The fraction of sp³-hybridized carbons (Fsp3) is 0.310. The molecule has 0 atom stereocenters. The number of hydrogen-bond acceptors (Lipinski definition) is 5. The van der Waals surface area contributed by atoms with Crippen molar-refractivity contribution < 1.29 is 9.59 Å². The molecule has 0 saturated heterocycles. The number of thiophene rings is 1. The Labute approximate surface area is 221 Å². The fourth-order valence-corrected chi connectivity index (χ4v) is 5.07. The lowest BCUT2D eigenvalue weighted by Crippen LogP contribution is -2.31. The largest absolute Gasteiger partial charge is 0.351 e. The second kappa shape index (κ2) is 12.3. The molecule has 37 heavy (non-hydrogen) atoms. The number of hydrogen-bond donors (Lipinski definition) is 1. The third-order valence-corrected chi connectivity index (χ3v) is 7.29. The van der Waals surface area contributed by atoms with E-state index in [0.29, 0.717) is 36.5 Å². The number of fused-ring (bicyclic) bond motifs is 1. The minimum Gasteiger partial charge on any atom is -0.351 e. The summed E-state index contributed by atoms with van der Waals surface area (Å²) in [6.07, 6.45) is 6.74. The molecule has 7 nitrogen and oxygen atoms in total. The lowest BCUT2D eigenvalue weighted by molar-refractivity contribution is -0.118. The molecule has 4 rings (SSSR count). The van der Waals surface area contributed by atoms with Gasteiger partial charge in [-0.2, -0.15) is 5.26 Å². The van der Waals surface area contributed by atoms with Crippen molar-refractivity contribution >= 4 is 38.9 Å². The van der Waals surface area contributed by atoms with Crippen LogP contribution in [0.5, 0.6) is 0 Å². The first-order valence-corrected chi connectivity index (χ1v) is 13.4. The van der Waals surface area contributed by atoms with E-state index >= 15 is 0 Å². The van der Waals surface area contributed by atoms with Crippen molar-refractivity contribution in [3.05, 3.63) is 82.8 Å². The van der Waals surface area contributed by atoms with E-state index in [-0.39, 0.29) is 11.8 Å². The molecular formula is C29H31N5O2S. The molecule has 2 aromatic heterocycles. The molecule has 190 valence electrons. The zero-order chi connectivity index (χ0) is 26.2. The number of unbranched alkanes of at least 4 members (excludes halogenated alkanes) is 1. The Morgan fingerprint density at radius 2 is 1.92 bits per heavy atom. The van der Waals surface area contributed by atoms with Crippen LogP contribution in [-0.2, 0) is 17.9 Å². The van der Waals surface area contributed by atoms with E-state index in [9.17, 15) is 9.59 Å². The molecule has 4 aromatic rings. The molecule has 0 unspecified atom stereocenters. The van der Waals surface area contributed by atoms with Gasteiger partial charge in [-0.3, -0.25) is 9.59 Å². The van der Waals surface area contributed by atoms with E-state index in [1.165, 1.54) is 11.3 Å². The van der Waals surface area contributed by atoms with E-state index in [1.54, 1.807) is 29.6 Å². The van der Waals surface area contributed by atoms with Crippen LogP contribution in [0.2, 0.25) is 0 Å². The molecule has 0 aliphatic heterocycles. The molecule has 0 bridgehead atoms. The van der Waals surface area contributed by atoms with Crippen LogP contribution in [0.4, 0.5) is 5.69 Å². The Kier molecular flexibility index (Phi) is 8.70. The third-order valence-electron chi connectivity index (χ3n) is 6.17. The fourth-order valence-electron chi connectivity index (χ4n) is 4.11. The Balaban J connectivity index is 1.58. The van der Waals surface area contributed by atoms with Crippen molar-refractivity contribution in [1.82, 2.24) is 14.9 Å². The van der Waals surface area contributed by atoms with Crippen LogP contribution in [0.3, 0.4) is 0 Å². The average molecular weight is 514 g/mol. The molecule has 0 aliphatic carbocycles. The van der Waals surface area contributed by atoms with Gasteiger partial charge in [-0.25, -0.2) is 4.98 Å². The summed E-state index contributed by atoms with van der Waals surface area (Å²) in [4.78, 5) is 32.6. The van der Waals surface area contributed by atoms with Crippen molar-refractivity contribution in [3.8, 4) is 6.07 Å². The van der Waals surface area contributed by atoms with Gasteiger partial charge in [-0.1, -0.05) is 32.4 Å². The number of nitriles is 1. The Morgan fingerprint density at radius 1 is 1.11 bits per heavy atom. The van der Waals surface area contributed by atoms with Gasteiger partial charge in [-0.15, -0.1) is 11.3 Å². The standard InChI is InChI=1S/C29H31N5O2S/c1-3-5-13-32-29(36)27-15-23-14-24(11-12-26(23)37-27)34(28(35)6-4-2)19-25-17-31-20-33(25)18-22-9-7-21(16-30)8-10-22/h7-12,14-15,17,20H,3-6,13,18-19H2,1-2H3,(H,32,36). The highest BCUT2D eigenvalue weighted by Crippen LogP contribution is 2.31. The monoisotopic (exact) mass is 513 g/mol. The maximum Gasteiger partial charge on any atom is 0.261 e. The van der Waals surface area contributed by atoms with E-state index in [0.717, 1.165) is 46.3 Å². The van der Waals surface area contributed by atoms with E-state index in [4.69, 9.17) is 5.26 Å². The van der Waals surface area contributed by atoms with E-state index in [1.807, 2.05) is 47.9 Å². The van der Waals surface area contributed by atoms with Crippen LogP contribution in [0.15, 0.2) is 61.1 Å². The van der Waals surface area contributed by atoms with Crippen LogP contribution in [0.1, 0.15) is 66.0 Å². The number of rotatable bonds is 11. The molecule has 8 heteroatoms. The maximum absolute atomic E-state index is 13.2. The Morgan fingerprint density at radius 3 is 2.65 bits per heavy atom. The van der Waals surface area contributed by atoms with Crippen molar-refractivity contribution in [2.75, 3.05) is 11.4 Å². The number of anilines is 1. The van der Waals surface area contributed by atoms with Crippen molar-refractivity contribution in [1.29, 1.82) is 5.26 Å². The summed E-state index contributed by atoms with van der Waals surface area (Å²) in [6.45, 7) is 5.74. The zero-order valence-electron chi connectivity index (χ0n) is 21.2. The second-order valence-corrected chi connectivity index (χ2v) is 10.1. The SMILES string of the molecule is CCCCNC(=O)c1cc2cc(N(Cc3cncn3Cc3ccc(C#N)cc3)C(=O)CCC)ccc2s1. The molecular weight excluding hydrogens is 482 g/mol. The van der Waals surface area contributed by atoms with Crippen LogP contribution < -0.4 is 10.2 Å². The van der Waals surface area contributed by atoms with Crippen molar-refractivity contribution in [3.63, 3.8) is 0 Å². The van der Waals surface area contributed by atoms with Crippen LogP contribution in [0, 0.1) is 11.3 Å². The van der Waals surface area contributed by atoms with Gasteiger partial charge in [0, 0.05) is 36.1 Å². The van der Waals surface area contributed by atoms with Gasteiger partial charge in [0.1, 0.15) is 0 Å². The van der Waals surface area contributed by atoms with Crippen molar-refractivity contribution in [2.24, 2.45) is 0 Å². The number of benzene rings is 2. The molecule has 0 radical (unpaired) electrons. The molecule has 2 aromatic carbocycles. The number of nitrogens with one attached hydrogen (secondary N) is 1. The Bertz CT molecular complexity index is 1410. The molecule has 0 fully saturated rings. The Hall–Kier alpha value is -3.96. The summed E-state index contributed by atoms with van der Waals surface area (Å²) in [5.41, 5.74) is 3.38. The van der Waals surface area contributed by atoms with Gasteiger partial charge in [0.2, 0.25) is 5.91 Å². The number of amides is 2. The van der Waals surface area contributed by atoms with Gasteiger partial charge >= 0.3 is 0 Å². The first kappa shape index (κ1) is 26.1. The van der Waals surface area contributed by atoms with Crippen LogP contribution in [-0.4, -0.2) is 27.9 Å². The van der Waals surface area contributed by atoms with E-state index < -0.39 is 0 Å². The summed E-state index contributed by atoms with van der Waals surface area (Å²) in [5.74, 6) is -0.0115.